The van der Waals surface area contributed by atoms with Gasteiger partial charge in [0.25, 0.3) is 0 Å². The van der Waals surface area contributed by atoms with Crippen LogP contribution in [-0.2, 0) is 16.0 Å². The van der Waals surface area contributed by atoms with Crippen molar-refractivity contribution in [2.75, 3.05) is 0 Å². The normalized spacial score (nSPS) is 23.9. The van der Waals surface area contributed by atoms with Gasteiger partial charge in [-0.05, 0) is 31.4 Å². The van der Waals surface area contributed by atoms with Gasteiger partial charge in [0.15, 0.2) is 0 Å². The van der Waals surface area contributed by atoms with E-state index in [1.807, 2.05) is 0 Å². The van der Waals surface area contributed by atoms with Crippen LogP contribution >= 0.6 is 0 Å². The third kappa shape index (κ3) is 4.96. The standard InChI is InChI=1S/C18H24O6/c1-11-7-13(19)5-3-2-4-6-14(20)8-12-9-15(21)10-16(22)17(12)18(23)24-11/h9-11,13,19,21-22H,2-8H2,1H3/t11-,13+/m1/s1. The first-order valence-corrected chi connectivity index (χ1v) is 8.32. The number of benzene rings is 1. The summed E-state index contributed by atoms with van der Waals surface area (Å²) in [6, 6.07) is 2.35. The Labute approximate surface area is 141 Å². The van der Waals surface area contributed by atoms with Crippen molar-refractivity contribution in [3.05, 3.63) is 23.3 Å². The van der Waals surface area contributed by atoms with Crippen molar-refractivity contribution >= 4 is 11.8 Å². The summed E-state index contributed by atoms with van der Waals surface area (Å²) in [5.41, 5.74) is 0.159. The van der Waals surface area contributed by atoms with E-state index >= 15 is 0 Å². The monoisotopic (exact) mass is 336 g/mol. The molecule has 0 saturated heterocycles. The number of aromatic hydroxyl groups is 2. The molecule has 1 aromatic rings. The maximum atomic E-state index is 12.4. The third-order valence-corrected chi connectivity index (χ3v) is 4.18. The topological polar surface area (TPSA) is 104 Å². The lowest BCUT2D eigenvalue weighted by atomic mass is 9.97. The van der Waals surface area contributed by atoms with Gasteiger partial charge in [-0.25, -0.2) is 4.79 Å². The second-order valence-corrected chi connectivity index (χ2v) is 6.42. The van der Waals surface area contributed by atoms with Gasteiger partial charge in [-0.1, -0.05) is 12.8 Å². The fourth-order valence-corrected chi connectivity index (χ4v) is 3.01. The minimum Gasteiger partial charge on any atom is -0.508 e. The van der Waals surface area contributed by atoms with Crippen LogP contribution in [0.4, 0.5) is 0 Å². The molecular formula is C18H24O6. The molecule has 2 atom stereocenters. The predicted octanol–water partition coefficient (Wildman–Crippen LogP) is 2.47. The molecule has 2 rings (SSSR count). The predicted molar refractivity (Wildman–Crippen MR) is 87.1 cm³/mol. The summed E-state index contributed by atoms with van der Waals surface area (Å²) in [6.45, 7) is 1.68. The zero-order valence-corrected chi connectivity index (χ0v) is 13.8. The Morgan fingerprint density at radius 1 is 1.12 bits per heavy atom. The number of ketones is 1. The van der Waals surface area contributed by atoms with Gasteiger partial charge < -0.3 is 20.1 Å². The van der Waals surface area contributed by atoms with Crippen molar-refractivity contribution in [2.45, 2.75) is 64.1 Å². The summed E-state index contributed by atoms with van der Waals surface area (Å²) >= 11 is 0. The van der Waals surface area contributed by atoms with Gasteiger partial charge in [0.1, 0.15) is 28.9 Å². The van der Waals surface area contributed by atoms with Crippen LogP contribution in [0.25, 0.3) is 0 Å². The lowest BCUT2D eigenvalue weighted by Crippen LogP contribution is -2.22. The Balaban J connectivity index is 2.32. The summed E-state index contributed by atoms with van der Waals surface area (Å²) in [5.74, 6) is -1.45. The number of carbonyl (C=O) groups excluding carboxylic acids is 2. The largest absolute Gasteiger partial charge is 0.508 e. The van der Waals surface area contributed by atoms with E-state index in [0.29, 0.717) is 25.7 Å². The molecule has 0 amide bonds. The highest BCUT2D eigenvalue weighted by atomic mass is 16.5. The average Bonchev–Trinajstić information content (AvgIpc) is 2.44. The summed E-state index contributed by atoms with van der Waals surface area (Å²) < 4.78 is 5.30. The van der Waals surface area contributed by atoms with Gasteiger partial charge in [-0.15, -0.1) is 0 Å². The van der Waals surface area contributed by atoms with Crippen LogP contribution in [-0.4, -0.2) is 39.3 Å². The maximum absolute atomic E-state index is 12.4. The molecule has 1 heterocycles. The van der Waals surface area contributed by atoms with E-state index in [4.69, 9.17) is 4.74 Å². The number of cyclic esters (lactones) is 1. The van der Waals surface area contributed by atoms with E-state index in [1.165, 1.54) is 6.07 Å². The van der Waals surface area contributed by atoms with Crippen LogP contribution in [0.3, 0.4) is 0 Å². The summed E-state index contributed by atoms with van der Waals surface area (Å²) in [4.78, 5) is 24.5. The van der Waals surface area contributed by atoms with E-state index in [-0.39, 0.29) is 29.1 Å². The molecule has 1 aliphatic rings. The minimum atomic E-state index is -0.757. The smallest absolute Gasteiger partial charge is 0.342 e. The number of rotatable bonds is 0. The van der Waals surface area contributed by atoms with Crippen LogP contribution in [0.1, 0.15) is 61.4 Å². The number of aliphatic hydroxyl groups excluding tert-OH is 1. The number of hydrogen-bond acceptors (Lipinski definition) is 6. The van der Waals surface area contributed by atoms with Crippen molar-refractivity contribution in [1.82, 2.24) is 0 Å². The molecule has 0 fully saturated rings. The summed E-state index contributed by atoms with van der Waals surface area (Å²) in [5, 5.41) is 29.6. The van der Waals surface area contributed by atoms with Crippen molar-refractivity contribution in [2.24, 2.45) is 0 Å². The molecule has 0 saturated carbocycles. The Kier molecular flexibility index (Phi) is 6.20. The maximum Gasteiger partial charge on any atom is 0.342 e. The molecule has 0 spiro atoms. The first kappa shape index (κ1) is 18.3. The number of aliphatic hydroxyl groups is 1. The lowest BCUT2D eigenvalue weighted by Gasteiger charge is -2.19. The Bertz CT molecular complexity index is 610. The quantitative estimate of drug-likeness (QED) is 0.629. The molecule has 6 nitrogen and oxygen atoms in total. The zero-order chi connectivity index (χ0) is 17.7. The second-order valence-electron chi connectivity index (χ2n) is 6.42. The van der Waals surface area contributed by atoms with E-state index in [0.717, 1.165) is 18.9 Å². The molecule has 3 N–H and O–H groups in total. The first-order chi connectivity index (χ1) is 11.4. The number of hydrogen-bond donors (Lipinski definition) is 3. The van der Waals surface area contributed by atoms with E-state index in [9.17, 15) is 24.9 Å². The van der Waals surface area contributed by atoms with E-state index in [2.05, 4.69) is 0 Å². The number of fused-ring (bicyclic) bond motifs is 1. The number of carbonyl (C=O) groups is 2. The number of ether oxygens (including phenoxy) is 1. The Hall–Kier alpha value is -2.08. The Morgan fingerprint density at radius 3 is 2.62 bits per heavy atom. The SMILES string of the molecule is C[C@@H]1C[C@@H](O)CCCCCC(=O)Cc2cc(O)cc(O)c2C(=O)O1. The summed E-state index contributed by atoms with van der Waals surface area (Å²) in [6.07, 6.45) is 2.52. The molecule has 1 aliphatic heterocycles. The van der Waals surface area contributed by atoms with Gasteiger partial charge in [0.05, 0.1) is 6.10 Å². The van der Waals surface area contributed by atoms with Crippen LogP contribution in [0, 0.1) is 0 Å². The van der Waals surface area contributed by atoms with Crippen molar-refractivity contribution in [3.63, 3.8) is 0 Å². The minimum absolute atomic E-state index is 0.0383. The zero-order valence-electron chi connectivity index (χ0n) is 13.8. The number of phenolic OH excluding ortho intramolecular Hbond substituents is 2. The van der Waals surface area contributed by atoms with Crippen molar-refractivity contribution in [1.29, 1.82) is 0 Å². The number of esters is 1. The van der Waals surface area contributed by atoms with Crippen molar-refractivity contribution in [3.8, 4) is 11.5 Å². The van der Waals surface area contributed by atoms with Crippen LogP contribution in [0.2, 0.25) is 0 Å². The van der Waals surface area contributed by atoms with Crippen LogP contribution in [0.15, 0.2) is 12.1 Å². The highest BCUT2D eigenvalue weighted by Crippen LogP contribution is 2.29. The van der Waals surface area contributed by atoms with Gasteiger partial charge in [-0.3, -0.25) is 4.79 Å². The molecule has 6 heteroatoms. The lowest BCUT2D eigenvalue weighted by molar-refractivity contribution is -0.118. The Morgan fingerprint density at radius 2 is 1.88 bits per heavy atom. The average molecular weight is 336 g/mol. The van der Waals surface area contributed by atoms with E-state index < -0.39 is 23.9 Å². The van der Waals surface area contributed by atoms with E-state index in [1.54, 1.807) is 6.92 Å². The molecule has 0 aromatic heterocycles. The number of Topliss-reactive ketones (excluding diaryl/α,β-unsaturated/α-hetero) is 1. The molecule has 0 bridgehead atoms. The molecular weight excluding hydrogens is 312 g/mol. The van der Waals surface area contributed by atoms with Crippen LogP contribution < -0.4 is 0 Å². The van der Waals surface area contributed by atoms with Gasteiger partial charge in [-0.2, -0.15) is 0 Å². The molecule has 24 heavy (non-hydrogen) atoms. The van der Waals surface area contributed by atoms with Gasteiger partial charge >= 0.3 is 5.97 Å². The highest BCUT2D eigenvalue weighted by molar-refractivity contribution is 5.96. The van der Waals surface area contributed by atoms with Gasteiger partial charge in [0.2, 0.25) is 0 Å². The molecule has 1 aromatic carbocycles. The molecule has 0 aliphatic carbocycles. The van der Waals surface area contributed by atoms with Crippen LogP contribution in [0.5, 0.6) is 11.5 Å². The molecule has 0 unspecified atom stereocenters. The molecule has 132 valence electrons. The summed E-state index contributed by atoms with van der Waals surface area (Å²) in [7, 11) is 0. The fraction of sp³-hybridized carbons (Fsp3) is 0.556. The second kappa shape index (κ2) is 8.15. The van der Waals surface area contributed by atoms with Crippen molar-refractivity contribution < 1.29 is 29.6 Å². The van der Waals surface area contributed by atoms with Gasteiger partial charge in [0, 0.05) is 25.3 Å². The third-order valence-electron chi connectivity index (χ3n) is 4.18. The highest BCUT2D eigenvalue weighted by Gasteiger charge is 2.24. The molecule has 0 radical (unpaired) electrons. The first-order valence-electron chi connectivity index (χ1n) is 8.32. The fourth-order valence-electron chi connectivity index (χ4n) is 3.01. The number of phenols is 2.